The van der Waals surface area contributed by atoms with Gasteiger partial charge in [0.15, 0.2) is 0 Å². The van der Waals surface area contributed by atoms with Gasteiger partial charge in [0.2, 0.25) is 0 Å². The Morgan fingerprint density at radius 2 is 2.31 bits per heavy atom. The van der Waals surface area contributed by atoms with Gasteiger partial charge in [-0.25, -0.2) is 0 Å². The van der Waals surface area contributed by atoms with Crippen molar-refractivity contribution in [1.29, 1.82) is 0 Å². The third kappa shape index (κ3) is 3.62. The third-order valence-electron chi connectivity index (χ3n) is 1.66. The lowest BCUT2D eigenvalue weighted by Gasteiger charge is -2.00. The van der Waals surface area contributed by atoms with Crippen molar-refractivity contribution >= 4 is 17.7 Å². The van der Waals surface area contributed by atoms with E-state index in [4.69, 9.17) is 16.3 Å². The molecule has 1 rings (SSSR count). The summed E-state index contributed by atoms with van der Waals surface area (Å²) in [5.41, 5.74) is 2.34. The van der Waals surface area contributed by atoms with Gasteiger partial charge < -0.3 is 4.74 Å². The first kappa shape index (κ1) is 10.3. The fourth-order valence-corrected chi connectivity index (χ4v) is 1.22. The molecule has 0 radical (unpaired) electrons. The molecule has 0 aliphatic rings. The van der Waals surface area contributed by atoms with E-state index in [-0.39, 0.29) is 0 Å². The molecule has 13 heavy (non-hydrogen) atoms. The second-order valence-corrected chi connectivity index (χ2v) is 3.04. The maximum absolute atomic E-state index is 5.54. The highest BCUT2D eigenvalue weighted by molar-refractivity contribution is 6.19. The Kier molecular flexibility index (Phi) is 4.58. The van der Waals surface area contributed by atoms with Gasteiger partial charge in [0, 0.05) is 13.0 Å². The Bertz CT molecular complexity index is 281. The Hall–Kier alpha value is -0.790. The first-order valence-electron chi connectivity index (χ1n) is 4.17. The molecule has 2 heteroatoms. The second kappa shape index (κ2) is 5.79. The van der Waals surface area contributed by atoms with Crippen LogP contribution < -0.4 is 0 Å². The molecule has 0 saturated heterocycles. The van der Waals surface area contributed by atoms with Crippen LogP contribution in [0.15, 0.2) is 30.3 Å². The summed E-state index contributed by atoms with van der Waals surface area (Å²) in [5, 5.41) is 0. The smallest absolute Gasteiger partial charge is 0.0713 e. The molecule has 0 unspecified atom stereocenters. The molecule has 0 atom stereocenters. The van der Waals surface area contributed by atoms with Gasteiger partial charge in [0.1, 0.15) is 0 Å². The number of hydrogen-bond acceptors (Lipinski definition) is 1. The van der Waals surface area contributed by atoms with Crippen LogP contribution in [0, 0.1) is 0 Å². The van der Waals surface area contributed by atoms with E-state index in [9.17, 15) is 0 Å². The van der Waals surface area contributed by atoms with Crippen LogP contribution in [-0.2, 0) is 11.3 Å². The topological polar surface area (TPSA) is 9.23 Å². The molecule has 0 saturated carbocycles. The molecule has 0 aliphatic carbocycles. The molecule has 0 N–H and O–H groups in total. The highest BCUT2D eigenvalue weighted by Gasteiger charge is 1.91. The van der Waals surface area contributed by atoms with Crippen molar-refractivity contribution in [2.45, 2.75) is 6.61 Å². The van der Waals surface area contributed by atoms with E-state index in [0.29, 0.717) is 12.5 Å². The number of alkyl halides is 1. The zero-order chi connectivity index (χ0) is 9.52. The molecule has 0 spiro atoms. The van der Waals surface area contributed by atoms with E-state index in [2.05, 4.69) is 6.07 Å². The molecule has 0 bridgehead atoms. The number of hydrogen-bond donors (Lipinski definition) is 0. The first-order chi connectivity index (χ1) is 6.36. The van der Waals surface area contributed by atoms with E-state index in [1.807, 2.05) is 30.4 Å². The maximum atomic E-state index is 5.54. The van der Waals surface area contributed by atoms with Crippen LogP contribution in [0.25, 0.3) is 6.08 Å². The fourth-order valence-electron chi connectivity index (χ4n) is 1.13. The quantitative estimate of drug-likeness (QED) is 0.673. The van der Waals surface area contributed by atoms with Crippen molar-refractivity contribution in [2.24, 2.45) is 0 Å². The molecule has 1 aromatic carbocycles. The van der Waals surface area contributed by atoms with E-state index < -0.39 is 0 Å². The van der Waals surface area contributed by atoms with Crippen LogP contribution in [0.1, 0.15) is 11.1 Å². The molecule has 70 valence electrons. The number of rotatable bonds is 4. The van der Waals surface area contributed by atoms with Gasteiger partial charge in [-0.15, -0.1) is 11.6 Å². The lowest BCUT2D eigenvalue weighted by molar-refractivity contribution is 0.185. The lowest BCUT2D eigenvalue weighted by Crippen LogP contribution is -1.87. The summed E-state index contributed by atoms with van der Waals surface area (Å²) in [4.78, 5) is 0. The normalized spacial score (nSPS) is 10.9. The third-order valence-corrected chi connectivity index (χ3v) is 1.84. The molecule has 0 amide bonds. The van der Waals surface area contributed by atoms with Gasteiger partial charge in [0.05, 0.1) is 6.61 Å². The molecule has 1 aromatic rings. The molecule has 1 nitrogen and oxygen atoms in total. The average Bonchev–Trinajstić information content (AvgIpc) is 2.16. The Morgan fingerprint density at radius 1 is 1.46 bits per heavy atom. The zero-order valence-electron chi connectivity index (χ0n) is 7.66. The number of allylic oxidation sites excluding steroid dienone is 1. The van der Waals surface area contributed by atoms with Crippen molar-refractivity contribution in [3.05, 3.63) is 41.5 Å². The minimum absolute atomic E-state index is 0.550. The number of methoxy groups -OCH3 is 1. The SMILES string of the molecule is COCc1cccc(C=CCCl)c1. The van der Waals surface area contributed by atoms with E-state index in [1.54, 1.807) is 7.11 Å². The minimum atomic E-state index is 0.550. The summed E-state index contributed by atoms with van der Waals surface area (Å²) in [6.45, 7) is 0.655. The highest BCUT2D eigenvalue weighted by atomic mass is 35.5. The minimum Gasteiger partial charge on any atom is -0.380 e. The Balaban J connectivity index is 2.73. The van der Waals surface area contributed by atoms with Crippen LogP contribution in [0.2, 0.25) is 0 Å². The maximum Gasteiger partial charge on any atom is 0.0713 e. The van der Waals surface area contributed by atoms with Crippen LogP contribution in [0.5, 0.6) is 0 Å². The van der Waals surface area contributed by atoms with Crippen molar-refractivity contribution < 1.29 is 4.74 Å². The van der Waals surface area contributed by atoms with Gasteiger partial charge >= 0.3 is 0 Å². The fraction of sp³-hybridized carbons (Fsp3) is 0.273. The van der Waals surface area contributed by atoms with Crippen molar-refractivity contribution in [3.63, 3.8) is 0 Å². The predicted octanol–water partition coefficient (Wildman–Crippen LogP) is 3.09. The van der Waals surface area contributed by atoms with Crippen LogP contribution in [-0.4, -0.2) is 13.0 Å². The van der Waals surface area contributed by atoms with Crippen molar-refractivity contribution in [3.8, 4) is 0 Å². The molecule has 0 aliphatic heterocycles. The lowest BCUT2D eigenvalue weighted by atomic mass is 10.1. The summed E-state index contributed by atoms with van der Waals surface area (Å²) >= 11 is 5.54. The summed E-state index contributed by atoms with van der Waals surface area (Å²) in [6, 6.07) is 8.19. The first-order valence-corrected chi connectivity index (χ1v) is 4.70. The summed E-state index contributed by atoms with van der Waals surface area (Å²) < 4.78 is 5.04. The molecule has 0 aromatic heterocycles. The van der Waals surface area contributed by atoms with E-state index >= 15 is 0 Å². The number of ether oxygens (including phenoxy) is 1. The van der Waals surface area contributed by atoms with Crippen molar-refractivity contribution in [2.75, 3.05) is 13.0 Å². The molecular weight excluding hydrogens is 184 g/mol. The van der Waals surface area contributed by atoms with Gasteiger partial charge in [0.25, 0.3) is 0 Å². The van der Waals surface area contributed by atoms with E-state index in [0.717, 1.165) is 5.56 Å². The zero-order valence-corrected chi connectivity index (χ0v) is 8.42. The summed E-state index contributed by atoms with van der Waals surface area (Å²) in [7, 11) is 1.70. The van der Waals surface area contributed by atoms with E-state index in [1.165, 1.54) is 5.56 Å². The number of halogens is 1. The molecule has 0 heterocycles. The van der Waals surface area contributed by atoms with Gasteiger partial charge in [-0.1, -0.05) is 30.4 Å². The second-order valence-electron chi connectivity index (χ2n) is 2.73. The standard InChI is InChI=1S/C11H13ClO/c1-13-9-11-5-2-4-10(8-11)6-3-7-12/h2-6,8H,7,9H2,1H3. The van der Waals surface area contributed by atoms with Crippen molar-refractivity contribution in [1.82, 2.24) is 0 Å². The average molecular weight is 197 g/mol. The van der Waals surface area contributed by atoms with Crippen LogP contribution in [0.3, 0.4) is 0 Å². The Labute approximate surface area is 84.0 Å². The van der Waals surface area contributed by atoms with Crippen LogP contribution in [0.4, 0.5) is 0 Å². The molecule has 0 fully saturated rings. The highest BCUT2D eigenvalue weighted by Crippen LogP contribution is 2.07. The largest absolute Gasteiger partial charge is 0.380 e. The van der Waals surface area contributed by atoms with Gasteiger partial charge in [-0.05, 0) is 17.2 Å². The summed E-state index contributed by atoms with van der Waals surface area (Å²) in [5.74, 6) is 0.550. The Morgan fingerprint density at radius 3 is 3.00 bits per heavy atom. The van der Waals surface area contributed by atoms with Gasteiger partial charge in [-0.3, -0.25) is 0 Å². The van der Waals surface area contributed by atoms with Gasteiger partial charge in [-0.2, -0.15) is 0 Å². The monoisotopic (exact) mass is 196 g/mol. The predicted molar refractivity (Wildman–Crippen MR) is 56.9 cm³/mol. The summed E-state index contributed by atoms with van der Waals surface area (Å²) in [6.07, 6.45) is 3.93. The molecular formula is C11H13ClO. The van der Waals surface area contributed by atoms with Crippen LogP contribution >= 0.6 is 11.6 Å². The number of benzene rings is 1.